The highest BCUT2D eigenvalue weighted by atomic mass is 16.5. The highest BCUT2D eigenvalue weighted by molar-refractivity contribution is 5.68. The van der Waals surface area contributed by atoms with Crippen molar-refractivity contribution in [3.8, 4) is 28.3 Å². The molecule has 0 aliphatic carbocycles. The summed E-state index contributed by atoms with van der Waals surface area (Å²) in [5, 5.41) is 3.22. The third-order valence-corrected chi connectivity index (χ3v) is 3.54. The Labute approximate surface area is 141 Å². The Morgan fingerprint density at radius 2 is 1.71 bits per heavy atom. The molecule has 0 aliphatic heterocycles. The summed E-state index contributed by atoms with van der Waals surface area (Å²) in [6.07, 6.45) is 3.54. The van der Waals surface area contributed by atoms with Crippen LogP contribution < -0.4 is 10.1 Å². The fourth-order valence-electron chi connectivity index (χ4n) is 2.41. The molecule has 0 radical (unpaired) electrons. The molecule has 0 saturated heterocycles. The topological polar surface area (TPSA) is 47.0 Å². The molecular weight excluding hydrogens is 298 g/mol. The van der Waals surface area contributed by atoms with Gasteiger partial charge in [-0.15, -0.1) is 0 Å². The molecule has 120 valence electrons. The molecule has 0 spiro atoms. The third kappa shape index (κ3) is 3.60. The van der Waals surface area contributed by atoms with Crippen molar-refractivity contribution in [1.29, 1.82) is 0 Å². The average molecular weight is 317 g/mol. The first-order valence-corrected chi connectivity index (χ1v) is 7.65. The van der Waals surface area contributed by atoms with Gasteiger partial charge >= 0.3 is 0 Å². The maximum absolute atomic E-state index is 5.19. The van der Waals surface area contributed by atoms with Crippen LogP contribution in [-0.4, -0.2) is 17.1 Å². The molecule has 0 amide bonds. The van der Waals surface area contributed by atoms with E-state index in [4.69, 9.17) is 9.72 Å². The zero-order valence-corrected chi connectivity index (χ0v) is 13.8. The first-order valence-electron chi connectivity index (χ1n) is 7.65. The second kappa shape index (κ2) is 6.96. The Balaban J connectivity index is 1.94. The second-order valence-electron chi connectivity index (χ2n) is 5.50. The molecule has 1 aromatic heterocycles. The number of ether oxygens (including phenoxy) is 1. The molecule has 1 heterocycles. The lowest BCUT2D eigenvalue weighted by Crippen LogP contribution is -1.95. The largest absolute Gasteiger partial charge is 0.497 e. The third-order valence-electron chi connectivity index (χ3n) is 3.54. The van der Waals surface area contributed by atoms with E-state index in [0.29, 0.717) is 0 Å². The molecule has 4 heteroatoms. The summed E-state index contributed by atoms with van der Waals surface area (Å²) in [7, 11) is 1.65. The minimum Gasteiger partial charge on any atom is -0.497 e. The zero-order chi connectivity index (χ0) is 16.9. The number of rotatable bonds is 5. The van der Waals surface area contributed by atoms with Crippen LogP contribution in [-0.2, 0) is 0 Å². The summed E-state index contributed by atoms with van der Waals surface area (Å²) in [6, 6.07) is 15.8. The Morgan fingerprint density at radius 1 is 1.00 bits per heavy atom. The SMILES string of the molecule is C=C(C)Nc1cccc(-c2cncc(-c3ccc(OC)cc3)n2)c1. The number of nitrogens with one attached hydrogen (secondary N) is 1. The number of benzene rings is 2. The van der Waals surface area contributed by atoms with Crippen molar-refractivity contribution in [3.63, 3.8) is 0 Å². The van der Waals surface area contributed by atoms with Gasteiger partial charge in [0.2, 0.25) is 0 Å². The predicted molar refractivity (Wildman–Crippen MR) is 97.9 cm³/mol. The van der Waals surface area contributed by atoms with E-state index in [1.54, 1.807) is 19.5 Å². The van der Waals surface area contributed by atoms with Crippen LogP contribution in [0.4, 0.5) is 5.69 Å². The molecule has 4 nitrogen and oxygen atoms in total. The number of allylic oxidation sites excluding steroid dienone is 1. The molecule has 3 rings (SSSR count). The summed E-state index contributed by atoms with van der Waals surface area (Å²) in [6.45, 7) is 5.80. The number of anilines is 1. The monoisotopic (exact) mass is 317 g/mol. The van der Waals surface area contributed by atoms with Gasteiger partial charge in [0.1, 0.15) is 5.75 Å². The molecule has 0 unspecified atom stereocenters. The van der Waals surface area contributed by atoms with Crippen molar-refractivity contribution < 1.29 is 4.74 Å². The van der Waals surface area contributed by atoms with E-state index in [2.05, 4.69) is 16.9 Å². The highest BCUT2D eigenvalue weighted by Crippen LogP contribution is 2.25. The van der Waals surface area contributed by atoms with Gasteiger partial charge in [0.05, 0.1) is 30.9 Å². The Bertz CT molecular complexity index is 857. The standard InChI is InChI=1S/C20H19N3O/c1-14(2)22-17-6-4-5-16(11-17)20-13-21-12-19(23-20)15-7-9-18(24-3)10-8-15/h4-13,22H,1H2,2-3H3. The van der Waals surface area contributed by atoms with Crippen LogP contribution in [0.1, 0.15) is 6.92 Å². The first kappa shape index (κ1) is 15.7. The van der Waals surface area contributed by atoms with Crippen LogP contribution >= 0.6 is 0 Å². The molecule has 0 bridgehead atoms. The number of methoxy groups -OCH3 is 1. The van der Waals surface area contributed by atoms with Gasteiger partial charge in [0.25, 0.3) is 0 Å². The van der Waals surface area contributed by atoms with Crippen molar-refractivity contribution >= 4 is 5.69 Å². The summed E-state index contributed by atoms with van der Waals surface area (Å²) >= 11 is 0. The molecule has 0 aliphatic rings. The van der Waals surface area contributed by atoms with Gasteiger partial charge in [-0.1, -0.05) is 18.7 Å². The van der Waals surface area contributed by atoms with E-state index in [9.17, 15) is 0 Å². The van der Waals surface area contributed by atoms with Crippen LogP contribution in [0.5, 0.6) is 5.75 Å². The predicted octanol–water partition coefficient (Wildman–Crippen LogP) is 4.76. The van der Waals surface area contributed by atoms with E-state index in [1.165, 1.54) is 0 Å². The van der Waals surface area contributed by atoms with Gasteiger partial charge in [-0.3, -0.25) is 4.98 Å². The minimum atomic E-state index is 0.821. The van der Waals surface area contributed by atoms with E-state index >= 15 is 0 Å². The lowest BCUT2D eigenvalue weighted by molar-refractivity contribution is 0.415. The maximum Gasteiger partial charge on any atom is 0.118 e. The van der Waals surface area contributed by atoms with Crippen molar-refractivity contribution in [2.45, 2.75) is 6.92 Å². The molecule has 0 atom stereocenters. The fraction of sp³-hybridized carbons (Fsp3) is 0.100. The maximum atomic E-state index is 5.19. The number of hydrogen-bond donors (Lipinski definition) is 1. The summed E-state index contributed by atoms with van der Waals surface area (Å²) in [4.78, 5) is 9.07. The Morgan fingerprint density at radius 3 is 2.38 bits per heavy atom. The number of nitrogens with zero attached hydrogens (tertiary/aromatic N) is 2. The lowest BCUT2D eigenvalue weighted by Gasteiger charge is -2.08. The van der Waals surface area contributed by atoms with Crippen LogP contribution in [0, 0.1) is 0 Å². The summed E-state index contributed by atoms with van der Waals surface area (Å²) < 4.78 is 5.19. The van der Waals surface area contributed by atoms with Crippen LogP contribution in [0.3, 0.4) is 0 Å². The Kier molecular flexibility index (Phi) is 4.57. The lowest BCUT2D eigenvalue weighted by atomic mass is 10.1. The highest BCUT2D eigenvalue weighted by Gasteiger charge is 2.05. The smallest absolute Gasteiger partial charge is 0.118 e. The molecule has 1 N–H and O–H groups in total. The van der Waals surface area contributed by atoms with E-state index in [0.717, 1.165) is 39.6 Å². The normalized spacial score (nSPS) is 10.2. The average Bonchev–Trinajstić information content (AvgIpc) is 2.62. The van der Waals surface area contributed by atoms with Crippen LogP contribution in [0.15, 0.2) is 73.2 Å². The van der Waals surface area contributed by atoms with Crippen molar-refractivity contribution in [2.24, 2.45) is 0 Å². The molecular formula is C20H19N3O. The van der Waals surface area contributed by atoms with E-state index in [-0.39, 0.29) is 0 Å². The second-order valence-corrected chi connectivity index (χ2v) is 5.50. The van der Waals surface area contributed by atoms with Gasteiger partial charge < -0.3 is 10.1 Å². The van der Waals surface area contributed by atoms with Crippen molar-refractivity contribution in [2.75, 3.05) is 12.4 Å². The van der Waals surface area contributed by atoms with Gasteiger partial charge in [0, 0.05) is 22.5 Å². The Hall–Kier alpha value is -3.14. The van der Waals surface area contributed by atoms with Crippen molar-refractivity contribution in [3.05, 3.63) is 73.2 Å². The quantitative estimate of drug-likeness (QED) is 0.736. The summed E-state index contributed by atoms with van der Waals surface area (Å²) in [5.41, 5.74) is 5.54. The van der Waals surface area contributed by atoms with Crippen molar-refractivity contribution in [1.82, 2.24) is 9.97 Å². The van der Waals surface area contributed by atoms with Gasteiger partial charge in [-0.25, -0.2) is 4.98 Å². The summed E-state index contributed by atoms with van der Waals surface area (Å²) in [5.74, 6) is 0.821. The number of aromatic nitrogens is 2. The fourth-order valence-corrected chi connectivity index (χ4v) is 2.41. The van der Waals surface area contributed by atoms with Gasteiger partial charge in [-0.05, 0) is 43.3 Å². The molecule has 24 heavy (non-hydrogen) atoms. The van der Waals surface area contributed by atoms with Crippen LogP contribution in [0.25, 0.3) is 22.5 Å². The first-order chi connectivity index (χ1) is 11.7. The van der Waals surface area contributed by atoms with E-state index in [1.807, 2.05) is 55.5 Å². The minimum absolute atomic E-state index is 0.821. The van der Waals surface area contributed by atoms with Crippen LogP contribution in [0.2, 0.25) is 0 Å². The van der Waals surface area contributed by atoms with E-state index < -0.39 is 0 Å². The zero-order valence-electron chi connectivity index (χ0n) is 13.8. The molecule has 3 aromatic rings. The number of hydrogen-bond acceptors (Lipinski definition) is 4. The molecule has 0 saturated carbocycles. The molecule has 0 fully saturated rings. The molecule has 2 aromatic carbocycles. The van der Waals surface area contributed by atoms with Gasteiger partial charge in [0.15, 0.2) is 0 Å². The van der Waals surface area contributed by atoms with Gasteiger partial charge in [-0.2, -0.15) is 0 Å².